The standard InChI is InChI=1S/C10H11ClN2/c11-10-4-9(6-13-7-10)8-2-1-3-12-5-8/h1-5,10,13H,6-7H2. The summed E-state index contributed by atoms with van der Waals surface area (Å²) in [5.74, 6) is 0. The molecule has 0 saturated heterocycles. The second kappa shape index (κ2) is 3.90. The maximum absolute atomic E-state index is 6.00. The van der Waals surface area contributed by atoms with Crippen LogP contribution in [0.4, 0.5) is 0 Å². The van der Waals surface area contributed by atoms with Gasteiger partial charge in [0.05, 0.1) is 5.38 Å². The summed E-state index contributed by atoms with van der Waals surface area (Å²) in [6.45, 7) is 1.74. The van der Waals surface area contributed by atoms with Crippen molar-refractivity contribution in [3.63, 3.8) is 0 Å². The van der Waals surface area contributed by atoms with Crippen LogP contribution < -0.4 is 5.32 Å². The van der Waals surface area contributed by atoms with E-state index in [0.717, 1.165) is 18.7 Å². The fourth-order valence-corrected chi connectivity index (χ4v) is 1.69. The molecule has 0 amide bonds. The van der Waals surface area contributed by atoms with Crippen LogP contribution in [0.3, 0.4) is 0 Å². The Morgan fingerprint density at radius 1 is 1.54 bits per heavy atom. The monoisotopic (exact) mass is 194 g/mol. The van der Waals surface area contributed by atoms with Gasteiger partial charge < -0.3 is 5.32 Å². The van der Waals surface area contributed by atoms with Crippen molar-refractivity contribution in [2.75, 3.05) is 13.1 Å². The molecule has 2 rings (SSSR count). The Morgan fingerprint density at radius 2 is 2.46 bits per heavy atom. The van der Waals surface area contributed by atoms with Gasteiger partial charge in [-0.3, -0.25) is 4.98 Å². The van der Waals surface area contributed by atoms with Gasteiger partial charge in [0.15, 0.2) is 0 Å². The van der Waals surface area contributed by atoms with Crippen molar-refractivity contribution in [2.24, 2.45) is 0 Å². The van der Waals surface area contributed by atoms with Crippen molar-refractivity contribution in [3.8, 4) is 0 Å². The molecule has 0 fully saturated rings. The fourth-order valence-electron chi connectivity index (χ4n) is 1.43. The molecule has 68 valence electrons. The highest BCUT2D eigenvalue weighted by Crippen LogP contribution is 2.17. The Labute approximate surface area is 82.6 Å². The highest BCUT2D eigenvalue weighted by molar-refractivity contribution is 6.22. The van der Waals surface area contributed by atoms with Gasteiger partial charge >= 0.3 is 0 Å². The van der Waals surface area contributed by atoms with Crippen LogP contribution in [-0.4, -0.2) is 23.5 Å². The number of nitrogens with zero attached hydrogens (tertiary/aromatic N) is 1. The molecule has 0 radical (unpaired) electrons. The fraction of sp³-hybridized carbons (Fsp3) is 0.300. The number of nitrogens with one attached hydrogen (secondary N) is 1. The van der Waals surface area contributed by atoms with Crippen LogP contribution >= 0.6 is 11.6 Å². The van der Waals surface area contributed by atoms with Crippen molar-refractivity contribution in [1.29, 1.82) is 0 Å². The van der Waals surface area contributed by atoms with E-state index in [-0.39, 0.29) is 5.38 Å². The Bertz CT molecular complexity index is 308. The Kier molecular flexibility index (Phi) is 2.62. The molecule has 1 atom stereocenters. The van der Waals surface area contributed by atoms with Gasteiger partial charge in [0.25, 0.3) is 0 Å². The van der Waals surface area contributed by atoms with Gasteiger partial charge in [0.1, 0.15) is 0 Å². The molecule has 0 saturated carbocycles. The molecule has 1 aromatic rings. The van der Waals surface area contributed by atoms with E-state index in [0.29, 0.717) is 0 Å². The van der Waals surface area contributed by atoms with Gasteiger partial charge in [-0.25, -0.2) is 0 Å². The molecule has 1 N–H and O–H groups in total. The number of halogens is 1. The lowest BCUT2D eigenvalue weighted by Crippen LogP contribution is -2.28. The van der Waals surface area contributed by atoms with Gasteiger partial charge in [-0.1, -0.05) is 12.1 Å². The normalized spacial score (nSPS) is 22.5. The van der Waals surface area contributed by atoms with E-state index in [2.05, 4.69) is 22.4 Å². The van der Waals surface area contributed by atoms with Crippen LogP contribution in [0.1, 0.15) is 5.56 Å². The zero-order valence-corrected chi connectivity index (χ0v) is 7.96. The molecule has 0 bridgehead atoms. The van der Waals surface area contributed by atoms with Crippen LogP contribution in [0.25, 0.3) is 5.57 Å². The molecule has 2 nitrogen and oxygen atoms in total. The lowest BCUT2D eigenvalue weighted by atomic mass is 10.0. The third kappa shape index (κ3) is 2.08. The van der Waals surface area contributed by atoms with Crippen LogP contribution in [0, 0.1) is 0 Å². The molecule has 0 spiro atoms. The molecular formula is C10H11ClN2. The minimum Gasteiger partial charge on any atom is -0.311 e. The first-order chi connectivity index (χ1) is 6.36. The zero-order chi connectivity index (χ0) is 9.10. The smallest absolute Gasteiger partial charge is 0.0647 e. The maximum Gasteiger partial charge on any atom is 0.0647 e. The van der Waals surface area contributed by atoms with E-state index in [1.54, 1.807) is 6.20 Å². The molecular weight excluding hydrogens is 184 g/mol. The predicted molar refractivity (Wildman–Crippen MR) is 54.7 cm³/mol. The summed E-state index contributed by atoms with van der Waals surface area (Å²) in [5, 5.41) is 3.36. The molecule has 2 heterocycles. The van der Waals surface area contributed by atoms with E-state index in [4.69, 9.17) is 11.6 Å². The molecule has 0 aromatic carbocycles. The highest BCUT2D eigenvalue weighted by Gasteiger charge is 2.11. The van der Waals surface area contributed by atoms with Crippen molar-refractivity contribution in [2.45, 2.75) is 5.38 Å². The minimum absolute atomic E-state index is 0.101. The number of aromatic nitrogens is 1. The Hall–Kier alpha value is -0.860. The molecule has 13 heavy (non-hydrogen) atoms. The molecule has 0 aliphatic carbocycles. The lowest BCUT2D eigenvalue weighted by Gasteiger charge is -2.17. The number of hydrogen-bond acceptors (Lipinski definition) is 2. The van der Waals surface area contributed by atoms with E-state index >= 15 is 0 Å². The number of alkyl halides is 1. The first-order valence-electron chi connectivity index (χ1n) is 4.32. The molecule has 1 unspecified atom stereocenters. The average molecular weight is 195 g/mol. The average Bonchev–Trinajstić information content (AvgIpc) is 2.19. The van der Waals surface area contributed by atoms with Gasteiger partial charge in [-0.05, 0) is 17.2 Å². The second-order valence-electron chi connectivity index (χ2n) is 3.08. The topological polar surface area (TPSA) is 24.9 Å². The summed E-state index contributed by atoms with van der Waals surface area (Å²) in [6.07, 6.45) is 5.73. The quantitative estimate of drug-likeness (QED) is 0.689. The number of hydrogen-bond donors (Lipinski definition) is 1. The van der Waals surface area contributed by atoms with Crippen molar-refractivity contribution in [3.05, 3.63) is 36.2 Å². The van der Waals surface area contributed by atoms with Crippen LogP contribution in [-0.2, 0) is 0 Å². The SMILES string of the molecule is ClC1C=C(c2cccnc2)CNC1. The summed E-state index contributed by atoms with van der Waals surface area (Å²) in [5.41, 5.74) is 2.39. The van der Waals surface area contributed by atoms with Crippen LogP contribution in [0.15, 0.2) is 30.6 Å². The molecule has 1 aliphatic rings. The third-order valence-electron chi connectivity index (χ3n) is 2.07. The summed E-state index contributed by atoms with van der Waals surface area (Å²) in [4.78, 5) is 4.07. The van der Waals surface area contributed by atoms with E-state index < -0.39 is 0 Å². The first-order valence-corrected chi connectivity index (χ1v) is 4.76. The summed E-state index contributed by atoms with van der Waals surface area (Å²) >= 11 is 6.00. The zero-order valence-electron chi connectivity index (χ0n) is 7.20. The summed E-state index contributed by atoms with van der Waals surface area (Å²) in [7, 11) is 0. The predicted octanol–water partition coefficient (Wildman–Crippen LogP) is 1.68. The molecule has 1 aliphatic heterocycles. The van der Waals surface area contributed by atoms with Gasteiger partial charge in [0, 0.05) is 25.5 Å². The van der Waals surface area contributed by atoms with E-state index in [1.807, 2.05) is 12.3 Å². The largest absolute Gasteiger partial charge is 0.311 e. The summed E-state index contributed by atoms with van der Waals surface area (Å²) < 4.78 is 0. The molecule has 3 heteroatoms. The van der Waals surface area contributed by atoms with E-state index in [1.165, 1.54) is 5.57 Å². The van der Waals surface area contributed by atoms with E-state index in [9.17, 15) is 0 Å². The lowest BCUT2D eigenvalue weighted by molar-refractivity contribution is 0.743. The van der Waals surface area contributed by atoms with Crippen molar-refractivity contribution < 1.29 is 0 Å². The second-order valence-corrected chi connectivity index (χ2v) is 3.64. The van der Waals surface area contributed by atoms with Crippen molar-refractivity contribution in [1.82, 2.24) is 10.3 Å². The highest BCUT2D eigenvalue weighted by atomic mass is 35.5. The van der Waals surface area contributed by atoms with Crippen LogP contribution in [0.2, 0.25) is 0 Å². The Morgan fingerprint density at radius 3 is 3.15 bits per heavy atom. The number of rotatable bonds is 1. The third-order valence-corrected chi connectivity index (χ3v) is 2.35. The van der Waals surface area contributed by atoms with Crippen molar-refractivity contribution >= 4 is 17.2 Å². The van der Waals surface area contributed by atoms with Gasteiger partial charge in [0.2, 0.25) is 0 Å². The minimum atomic E-state index is 0.101. The van der Waals surface area contributed by atoms with Crippen LogP contribution in [0.5, 0.6) is 0 Å². The van der Waals surface area contributed by atoms with Gasteiger partial charge in [-0.15, -0.1) is 11.6 Å². The number of pyridine rings is 1. The molecule has 1 aromatic heterocycles. The Balaban J connectivity index is 2.26. The maximum atomic E-state index is 6.00. The van der Waals surface area contributed by atoms with Gasteiger partial charge in [-0.2, -0.15) is 0 Å². The summed E-state index contributed by atoms with van der Waals surface area (Å²) in [6, 6.07) is 3.99. The first kappa shape index (κ1) is 8.73.